The van der Waals surface area contributed by atoms with E-state index in [9.17, 15) is 13.2 Å². The Morgan fingerprint density at radius 1 is 0.970 bits per heavy atom. The number of carbonyl (C=O) groups excluding carboxylic acids is 1. The lowest BCUT2D eigenvalue weighted by Gasteiger charge is -2.19. The molecule has 1 aromatic heterocycles. The maximum Gasteiger partial charge on any atom is 0.261 e. The van der Waals surface area contributed by atoms with Crippen molar-refractivity contribution in [2.45, 2.75) is 38.0 Å². The molecular weight excluding hydrogens is 454 g/mol. The van der Waals surface area contributed by atoms with Crippen molar-refractivity contribution in [2.75, 3.05) is 10.0 Å². The molecule has 0 aliphatic carbocycles. The van der Waals surface area contributed by atoms with Gasteiger partial charge in [0.2, 0.25) is 0 Å². The van der Waals surface area contributed by atoms with Crippen LogP contribution in [0.15, 0.2) is 71.6 Å². The SMILES string of the molecule is Cc1cc(NS(=O)(=O)c2ccc(C(C)(C)C)cc2)cc2sc(NC(=O)c3ccccc3)nc12. The number of aryl methyl sites for hydroxylation is 1. The van der Waals surface area contributed by atoms with Gasteiger partial charge < -0.3 is 0 Å². The second-order valence-electron chi connectivity index (χ2n) is 8.86. The minimum absolute atomic E-state index is 0.0579. The number of benzene rings is 3. The highest BCUT2D eigenvalue weighted by molar-refractivity contribution is 7.92. The molecule has 0 fully saturated rings. The standard InChI is InChI=1S/C25H25N3O3S2/c1-16-14-19(28-33(30,31)20-12-10-18(11-13-20)25(2,3)4)15-21-22(16)26-24(32-21)27-23(29)17-8-6-5-7-9-17/h5-15,28H,1-4H3,(H,26,27,29). The number of sulfonamides is 1. The topological polar surface area (TPSA) is 88.2 Å². The van der Waals surface area contributed by atoms with Crippen molar-refractivity contribution in [2.24, 2.45) is 0 Å². The molecule has 3 aromatic carbocycles. The lowest BCUT2D eigenvalue weighted by molar-refractivity contribution is 0.102. The molecule has 170 valence electrons. The second kappa shape index (κ2) is 8.61. The summed E-state index contributed by atoms with van der Waals surface area (Å²) in [6.45, 7) is 8.11. The van der Waals surface area contributed by atoms with Gasteiger partial charge in [0.25, 0.3) is 15.9 Å². The zero-order chi connectivity index (χ0) is 23.8. The fraction of sp³-hybridized carbons (Fsp3) is 0.200. The quantitative estimate of drug-likeness (QED) is 0.370. The van der Waals surface area contributed by atoms with E-state index in [1.807, 2.05) is 25.1 Å². The number of thiazole rings is 1. The van der Waals surface area contributed by atoms with Crippen LogP contribution in [0.5, 0.6) is 0 Å². The minimum atomic E-state index is -3.74. The normalized spacial score (nSPS) is 12.0. The van der Waals surface area contributed by atoms with Crippen molar-refractivity contribution in [3.63, 3.8) is 0 Å². The van der Waals surface area contributed by atoms with Gasteiger partial charge in [0.15, 0.2) is 5.13 Å². The predicted octanol–water partition coefficient (Wildman–Crippen LogP) is 5.96. The lowest BCUT2D eigenvalue weighted by atomic mass is 9.87. The predicted molar refractivity (Wildman–Crippen MR) is 135 cm³/mol. The van der Waals surface area contributed by atoms with Gasteiger partial charge >= 0.3 is 0 Å². The van der Waals surface area contributed by atoms with Crippen molar-refractivity contribution in [3.05, 3.63) is 83.4 Å². The van der Waals surface area contributed by atoms with Crippen LogP contribution in [-0.4, -0.2) is 19.3 Å². The number of aromatic nitrogens is 1. The molecule has 1 amide bonds. The average molecular weight is 480 g/mol. The molecule has 1 heterocycles. The van der Waals surface area contributed by atoms with E-state index in [0.29, 0.717) is 16.4 Å². The van der Waals surface area contributed by atoms with Gasteiger partial charge in [0.05, 0.1) is 20.8 Å². The summed E-state index contributed by atoms with van der Waals surface area (Å²) in [6, 6.07) is 19.3. The van der Waals surface area contributed by atoms with Crippen molar-refractivity contribution < 1.29 is 13.2 Å². The molecule has 4 rings (SSSR count). The molecule has 2 N–H and O–H groups in total. The first-order valence-corrected chi connectivity index (χ1v) is 12.7. The number of carbonyl (C=O) groups is 1. The van der Waals surface area contributed by atoms with Gasteiger partial charge in [-0.3, -0.25) is 14.8 Å². The van der Waals surface area contributed by atoms with Crippen LogP contribution < -0.4 is 10.0 Å². The smallest absolute Gasteiger partial charge is 0.261 e. The highest BCUT2D eigenvalue weighted by atomic mass is 32.2. The molecule has 0 unspecified atom stereocenters. The minimum Gasteiger partial charge on any atom is -0.298 e. The summed E-state index contributed by atoms with van der Waals surface area (Å²) in [6.07, 6.45) is 0. The summed E-state index contributed by atoms with van der Waals surface area (Å²) in [5, 5.41) is 3.27. The molecule has 33 heavy (non-hydrogen) atoms. The summed E-state index contributed by atoms with van der Waals surface area (Å²) < 4.78 is 29.3. The van der Waals surface area contributed by atoms with E-state index in [-0.39, 0.29) is 16.2 Å². The number of fused-ring (bicyclic) bond motifs is 1. The Labute approximate surface area is 197 Å². The Morgan fingerprint density at radius 3 is 2.27 bits per heavy atom. The highest BCUT2D eigenvalue weighted by Crippen LogP contribution is 2.32. The number of nitrogens with zero attached hydrogens (tertiary/aromatic N) is 1. The molecule has 0 aliphatic heterocycles. The molecular formula is C25H25N3O3S2. The van der Waals surface area contributed by atoms with E-state index < -0.39 is 10.0 Å². The number of hydrogen-bond donors (Lipinski definition) is 2. The number of hydrogen-bond acceptors (Lipinski definition) is 5. The monoisotopic (exact) mass is 479 g/mol. The zero-order valence-corrected chi connectivity index (χ0v) is 20.5. The van der Waals surface area contributed by atoms with Crippen LogP contribution in [-0.2, 0) is 15.4 Å². The van der Waals surface area contributed by atoms with Crippen molar-refractivity contribution in [1.29, 1.82) is 0 Å². The third-order valence-electron chi connectivity index (χ3n) is 5.22. The number of anilines is 2. The zero-order valence-electron chi connectivity index (χ0n) is 18.8. The van der Waals surface area contributed by atoms with Gasteiger partial charge in [-0.2, -0.15) is 0 Å². The fourth-order valence-electron chi connectivity index (χ4n) is 3.42. The maximum absolute atomic E-state index is 12.9. The first-order valence-electron chi connectivity index (χ1n) is 10.4. The molecule has 0 atom stereocenters. The average Bonchev–Trinajstić information content (AvgIpc) is 3.16. The molecule has 0 aliphatic rings. The third-order valence-corrected chi connectivity index (χ3v) is 7.54. The largest absolute Gasteiger partial charge is 0.298 e. The van der Waals surface area contributed by atoms with Crippen LogP contribution in [0.3, 0.4) is 0 Å². The van der Waals surface area contributed by atoms with Crippen molar-refractivity contribution in [1.82, 2.24) is 4.98 Å². The van der Waals surface area contributed by atoms with Gasteiger partial charge in [-0.1, -0.05) is 62.4 Å². The first-order chi connectivity index (χ1) is 15.5. The Morgan fingerprint density at radius 2 is 1.64 bits per heavy atom. The molecule has 4 aromatic rings. The Bertz CT molecular complexity index is 1420. The molecule has 0 spiro atoms. The van der Waals surface area contributed by atoms with Gasteiger partial charge in [-0.25, -0.2) is 13.4 Å². The lowest BCUT2D eigenvalue weighted by Crippen LogP contribution is -2.15. The van der Waals surface area contributed by atoms with E-state index in [1.54, 1.807) is 48.5 Å². The van der Waals surface area contributed by atoms with Crippen LogP contribution in [0.4, 0.5) is 10.8 Å². The number of amides is 1. The number of rotatable bonds is 5. The summed E-state index contributed by atoms with van der Waals surface area (Å²) in [5.41, 5.74) is 3.53. The number of nitrogens with one attached hydrogen (secondary N) is 2. The van der Waals surface area contributed by atoms with Crippen molar-refractivity contribution >= 4 is 48.3 Å². The Balaban J connectivity index is 1.58. The van der Waals surface area contributed by atoms with E-state index in [4.69, 9.17) is 0 Å². The van der Waals surface area contributed by atoms with Gasteiger partial charge in [-0.05, 0) is 59.9 Å². The highest BCUT2D eigenvalue weighted by Gasteiger charge is 2.19. The first kappa shape index (κ1) is 22.9. The van der Waals surface area contributed by atoms with E-state index in [2.05, 4.69) is 35.8 Å². The summed E-state index contributed by atoms with van der Waals surface area (Å²) in [7, 11) is -3.74. The van der Waals surface area contributed by atoms with Crippen LogP contribution in [0, 0.1) is 6.92 Å². The fourth-order valence-corrected chi connectivity index (χ4v) is 5.43. The van der Waals surface area contributed by atoms with E-state index in [1.165, 1.54) is 11.3 Å². The Kier molecular flexibility index (Phi) is 5.99. The molecule has 6 nitrogen and oxygen atoms in total. The molecule has 0 saturated heterocycles. The van der Waals surface area contributed by atoms with Crippen molar-refractivity contribution in [3.8, 4) is 0 Å². The van der Waals surface area contributed by atoms with Crippen LogP contribution in [0.25, 0.3) is 10.2 Å². The van der Waals surface area contributed by atoms with E-state index in [0.717, 1.165) is 21.3 Å². The maximum atomic E-state index is 12.9. The third kappa shape index (κ3) is 5.07. The van der Waals surface area contributed by atoms with E-state index >= 15 is 0 Å². The summed E-state index contributed by atoms with van der Waals surface area (Å²) >= 11 is 1.30. The van der Waals surface area contributed by atoms with Gasteiger partial charge in [0.1, 0.15) is 0 Å². The summed E-state index contributed by atoms with van der Waals surface area (Å²) in [4.78, 5) is 17.2. The molecule has 8 heteroatoms. The van der Waals surface area contributed by atoms with Crippen LogP contribution in [0.1, 0.15) is 42.3 Å². The molecule has 0 bridgehead atoms. The molecule has 0 radical (unpaired) electrons. The van der Waals surface area contributed by atoms with Gasteiger partial charge in [-0.15, -0.1) is 0 Å². The molecule has 0 saturated carbocycles. The van der Waals surface area contributed by atoms with Crippen LogP contribution >= 0.6 is 11.3 Å². The Hall–Kier alpha value is -3.23. The second-order valence-corrected chi connectivity index (χ2v) is 11.6. The van der Waals surface area contributed by atoms with Crippen LogP contribution in [0.2, 0.25) is 0 Å². The van der Waals surface area contributed by atoms with Gasteiger partial charge in [0, 0.05) is 5.56 Å². The summed E-state index contributed by atoms with van der Waals surface area (Å²) in [5.74, 6) is -0.244.